The van der Waals surface area contributed by atoms with Gasteiger partial charge in [0.05, 0.1) is 6.61 Å². The van der Waals surface area contributed by atoms with Gasteiger partial charge < -0.3 is 9.64 Å². The van der Waals surface area contributed by atoms with Gasteiger partial charge in [-0.15, -0.1) is 0 Å². The van der Waals surface area contributed by atoms with Crippen molar-refractivity contribution < 1.29 is 9.53 Å². The van der Waals surface area contributed by atoms with E-state index in [1.165, 1.54) is 5.56 Å². The Morgan fingerprint density at radius 3 is 2.79 bits per heavy atom. The summed E-state index contributed by atoms with van der Waals surface area (Å²) in [7, 11) is 0. The maximum absolute atomic E-state index is 12.4. The Bertz CT molecular complexity index is 413. The zero-order valence-electron chi connectivity index (χ0n) is 11.9. The zero-order valence-corrected chi connectivity index (χ0v) is 11.9. The maximum atomic E-state index is 12.4. The number of hydrogen-bond acceptors (Lipinski definition) is 2. The summed E-state index contributed by atoms with van der Waals surface area (Å²) >= 11 is 0. The van der Waals surface area contributed by atoms with Gasteiger partial charge in [-0.2, -0.15) is 0 Å². The number of ether oxygens (including phenoxy) is 1. The highest BCUT2D eigenvalue weighted by atomic mass is 16.5. The van der Waals surface area contributed by atoms with Crippen LogP contribution >= 0.6 is 0 Å². The number of benzene rings is 1. The van der Waals surface area contributed by atoms with E-state index < -0.39 is 0 Å². The molecule has 1 fully saturated rings. The number of piperidine rings is 1. The molecule has 0 bridgehead atoms. The maximum Gasteiger partial charge on any atom is 0.253 e. The van der Waals surface area contributed by atoms with Crippen LogP contribution in [0, 0.1) is 12.8 Å². The molecule has 1 saturated heterocycles. The molecule has 1 aromatic carbocycles. The molecule has 0 N–H and O–H groups in total. The summed E-state index contributed by atoms with van der Waals surface area (Å²) in [5, 5.41) is 0. The largest absolute Gasteiger partial charge is 0.381 e. The van der Waals surface area contributed by atoms with Crippen molar-refractivity contribution in [2.75, 3.05) is 26.3 Å². The second-order valence-electron chi connectivity index (χ2n) is 5.28. The Hall–Kier alpha value is -1.35. The van der Waals surface area contributed by atoms with E-state index in [1.54, 1.807) is 0 Å². The van der Waals surface area contributed by atoms with E-state index in [-0.39, 0.29) is 5.91 Å². The molecule has 19 heavy (non-hydrogen) atoms. The Kier molecular flexibility index (Phi) is 4.97. The molecule has 0 aromatic heterocycles. The van der Waals surface area contributed by atoms with Gasteiger partial charge in [-0.25, -0.2) is 0 Å². The molecule has 1 heterocycles. The summed E-state index contributed by atoms with van der Waals surface area (Å²) in [6.07, 6.45) is 2.24. The third-order valence-corrected chi connectivity index (χ3v) is 3.66. The van der Waals surface area contributed by atoms with E-state index in [4.69, 9.17) is 4.74 Å². The van der Waals surface area contributed by atoms with Gasteiger partial charge in [-0.3, -0.25) is 4.79 Å². The summed E-state index contributed by atoms with van der Waals surface area (Å²) in [5.41, 5.74) is 1.98. The Labute approximate surface area is 115 Å². The number of carbonyl (C=O) groups is 1. The topological polar surface area (TPSA) is 29.5 Å². The van der Waals surface area contributed by atoms with Gasteiger partial charge in [0.2, 0.25) is 0 Å². The summed E-state index contributed by atoms with van der Waals surface area (Å²) in [5.74, 6) is 0.643. The van der Waals surface area contributed by atoms with Crippen LogP contribution in [0.15, 0.2) is 24.3 Å². The van der Waals surface area contributed by atoms with E-state index in [9.17, 15) is 4.79 Å². The summed E-state index contributed by atoms with van der Waals surface area (Å²) in [4.78, 5) is 14.4. The van der Waals surface area contributed by atoms with Crippen molar-refractivity contribution in [1.82, 2.24) is 4.90 Å². The first-order valence-corrected chi connectivity index (χ1v) is 7.14. The number of rotatable bonds is 4. The zero-order chi connectivity index (χ0) is 13.7. The van der Waals surface area contributed by atoms with Crippen LogP contribution in [0.2, 0.25) is 0 Å². The number of aryl methyl sites for hydroxylation is 1. The van der Waals surface area contributed by atoms with Gasteiger partial charge in [-0.1, -0.05) is 17.7 Å². The molecule has 0 spiro atoms. The molecule has 104 valence electrons. The van der Waals surface area contributed by atoms with E-state index in [0.717, 1.165) is 44.7 Å². The minimum absolute atomic E-state index is 0.154. The summed E-state index contributed by atoms with van der Waals surface area (Å²) in [6.45, 7) is 7.27. The summed E-state index contributed by atoms with van der Waals surface area (Å²) < 4.78 is 5.48. The molecule has 0 radical (unpaired) electrons. The van der Waals surface area contributed by atoms with Crippen molar-refractivity contribution in [3.05, 3.63) is 35.4 Å². The average molecular weight is 261 g/mol. The fourth-order valence-electron chi connectivity index (χ4n) is 2.55. The molecule has 2 rings (SSSR count). The fourth-order valence-corrected chi connectivity index (χ4v) is 2.55. The monoisotopic (exact) mass is 261 g/mol. The van der Waals surface area contributed by atoms with Crippen molar-refractivity contribution in [2.24, 2.45) is 5.92 Å². The van der Waals surface area contributed by atoms with E-state index in [2.05, 4.69) is 0 Å². The van der Waals surface area contributed by atoms with Crippen LogP contribution in [-0.2, 0) is 4.74 Å². The fraction of sp³-hybridized carbons (Fsp3) is 0.562. The lowest BCUT2D eigenvalue weighted by molar-refractivity contribution is 0.0501. The predicted octanol–water partition coefficient (Wildman–Crippen LogP) is 2.88. The molecule has 1 amide bonds. The molecule has 1 aliphatic rings. The van der Waals surface area contributed by atoms with Crippen molar-refractivity contribution >= 4 is 5.91 Å². The lowest BCUT2D eigenvalue weighted by atomic mass is 9.98. The molecule has 0 saturated carbocycles. The molecule has 1 unspecified atom stereocenters. The molecular formula is C16H23NO2. The quantitative estimate of drug-likeness (QED) is 0.834. The first kappa shape index (κ1) is 14.1. The Morgan fingerprint density at radius 1 is 1.37 bits per heavy atom. The van der Waals surface area contributed by atoms with Crippen LogP contribution < -0.4 is 0 Å². The highest BCUT2D eigenvalue weighted by molar-refractivity contribution is 5.94. The molecule has 1 aromatic rings. The van der Waals surface area contributed by atoms with Gasteiger partial charge >= 0.3 is 0 Å². The first-order valence-electron chi connectivity index (χ1n) is 7.14. The molecule has 1 aliphatic heterocycles. The number of carbonyl (C=O) groups excluding carboxylic acids is 1. The van der Waals surface area contributed by atoms with Gasteiger partial charge in [0, 0.05) is 25.3 Å². The van der Waals surface area contributed by atoms with Crippen LogP contribution in [0.25, 0.3) is 0 Å². The first-order chi connectivity index (χ1) is 9.20. The van der Waals surface area contributed by atoms with Gasteiger partial charge in [0.1, 0.15) is 0 Å². The summed E-state index contributed by atoms with van der Waals surface area (Å²) in [6, 6.07) is 7.83. The van der Waals surface area contributed by atoms with Crippen molar-refractivity contribution in [2.45, 2.75) is 26.7 Å². The number of amides is 1. The highest BCUT2D eigenvalue weighted by Crippen LogP contribution is 2.19. The van der Waals surface area contributed by atoms with Crippen molar-refractivity contribution in [3.8, 4) is 0 Å². The van der Waals surface area contributed by atoms with E-state index >= 15 is 0 Å². The van der Waals surface area contributed by atoms with Crippen LogP contribution in [0.3, 0.4) is 0 Å². The normalized spacial score (nSPS) is 19.5. The lowest BCUT2D eigenvalue weighted by Crippen LogP contribution is -2.41. The average Bonchev–Trinajstić information content (AvgIpc) is 2.45. The van der Waals surface area contributed by atoms with Crippen LogP contribution in [-0.4, -0.2) is 37.1 Å². The minimum Gasteiger partial charge on any atom is -0.381 e. The molecule has 3 nitrogen and oxygen atoms in total. The smallest absolute Gasteiger partial charge is 0.253 e. The molecule has 3 heteroatoms. The molecular weight excluding hydrogens is 238 g/mol. The lowest BCUT2D eigenvalue weighted by Gasteiger charge is -2.32. The predicted molar refractivity (Wildman–Crippen MR) is 76.3 cm³/mol. The molecule has 1 atom stereocenters. The van der Waals surface area contributed by atoms with Crippen LogP contribution in [0.5, 0.6) is 0 Å². The van der Waals surface area contributed by atoms with Crippen molar-refractivity contribution in [3.63, 3.8) is 0 Å². The molecule has 0 aliphatic carbocycles. The van der Waals surface area contributed by atoms with Crippen LogP contribution in [0.1, 0.15) is 35.7 Å². The number of hydrogen-bond donors (Lipinski definition) is 0. The van der Waals surface area contributed by atoms with Gasteiger partial charge in [-0.05, 0) is 44.7 Å². The third-order valence-electron chi connectivity index (χ3n) is 3.66. The Morgan fingerprint density at radius 2 is 2.11 bits per heavy atom. The SMILES string of the molecule is CCOCC1CCCN(C(=O)c2ccc(C)cc2)C1. The number of nitrogens with zero attached hydrogens (tertiary/aromatic N) is 1. The van der Waals surface area contributed by atoms with Gasteiger partial charge in [0.15, 0.2) is 0 Å². The Balaban J connectivity index is 1.96. The minimum atomic E-state index is 0.154. The standard InChI is InChI=1S/C16H23NO2/c1-3-19-12-14-5-4-10-17(11-14)16(18)15-8-6-13(2)7-9-15/h6-9,14H,3-5,10-12H2,1-2H3. The third kappa shape index (κ3) is 3.80. The highest BCUT2D eigenvalue weighted by Gasteiger charge is 2.24. The second kappa shape index (κ2) is 6.71. The number of likely N-dealkylation sites (tertiary alicyclic amines) is 1. The van der Waals surface area contributed by atoms with Gasteiger partial charge in [0.25, 0.3) is 5.91 Å². The van der Waals surface area contributed by atoms with Crippen molar-refractivity contribution in [1.29, 1.82) is 0 Å². The van der Waals surface area contributed by atoms with Crippen LogP contribution in [0.4, 0.5) is 0 Å². The van der Waals surface area contributed by atoms with E-state index in [1.807, 2.05) is 43.0 Å². The second-order valence-corrected chi connectivity index (χ2v) is 5.28. The van der Waals surface area contributed by atoms with E-state index in [0.29, 0.717) is 5.92 Å².